The lowest BCUT2D eigenvalue weighted by Gasteiger charge is -2.47. The minimum absolute atomic E-state index is 0.0221. The average molecular weight is 626 g/mol. The molecule has 1 aromatic carbocycles. The number of morpholine rings is 1. The molecule has 45 heavy (non-hydrogen) atoms. The summed E-state index contributed by atoms with van der Waals surface area (Å²) >= 11 is 0. The lowest BCUT2D eigenvalue weighted by atomic mass is 9.91. The first kappa shape index (κ1) is 33.2. The summed E-state index contributed by atoms with van der Waals surface area (Å²) in [5.41, 5.74) is 2.69. The molecule has 1 N–H and O–H groups in total. The molecular formula is C34H48FN5O5. The highest BCUT2D eigenvalue weighted by atomic mass is 19.1. The molecule has 4 heterocycles. The summed E-state index contributed by atoms with van der Waals surface area (Å²) in [5, 5.41) is 10.0. The molecule has 0 saturated carbocycles. The minimum atomic E-state index is -0.620. The number of aliphatic hydroxyl groups is 1. The van der Waals surface area contributed by atoms with Gasteiger partial charge >= 0.3 is 6.09 Å². The monoisotopic (exact) mass is 625 g/mol. The Labute approximate surface area is 266 Å². The predicted molar refractivity (Wildman–Crippen MR) is 170 cm³/mol. The van der Waals surface area contributed by atoms with E-state index in [1.807, 2.05) is 44.9 Å². The van der Waals surface area contributed by atoms with Crippen LogP contribution < -0.4 is 4.90 Å². The van der Waals surface area contributed by atoms with Crippen LogP contribution in [0.25, 0.3) is 0 Å². The summed E-state index contributed by atoms with van der Waals surface area (Å²) in [6.07, 6.45) is 2.08. The average Bonchev–Trinajstić information content (AvgIpc) is 3.24. The van der Waals surface area contributed by atoms with Crippen LogP contribution in [-0.4, -0.2) is 120 Å². The van der Waals surface area contributed by atoms with Gasteiger partial charge in [-0.25, -0.2) is 9.18 Å². The molecule has 1 aromatic heterocycles. The van der Waals surface area contributed by atoms with E-state index in [2.05, 4.69) is 23.6 Å². The third-order valence-corrected chi connectivity index (χ3v) is 8.96. The van der Waals surface area contributed by atoms with Gasteiger partial charge in [-0.1, -0.05) is 26.0 Å². The number of benzene rings is 1. The van der Waals surface area contributed by atoms with E-state index in [0.717, 1.165) is 22.5 Å². The summed E-state index contributed by atoms with van der Waals surface area (Å²) in [6.45, 7) is 15.6. The van der Waals surface area contributed by atoms with Crippen molar-refractivity contribution >= 4 is 17.7 Å². The Morgan fingerprint density at radius 1 is 1.11 bits per heavy atom. The number of ether oxygens (including phenoxy) is 2. The third-order valence-electron chi connectivity index (χ3n) is 8.96. The molecule has 0 unspecified atom stereocenters. The van der Waals surface area contributed by atoms with Gasteiger partial charge in [0.2, 0.25) is 5.91 Å². The Hall–Kier alpha value is -3.12. The molecule has 0 spiro atoms. The van der Waals surface area contributed by atoms with Gasteiger partial charge < -0.3 is 24.4 Å². The first-order valence-corrected chi connectivity index (χ1v) is 15.9. The van der Waals surface area contributed by atoms with Crippen LogP contribution in [0.2, 0.25) is 0 Å². The fourth-order valence-corrected chi connectivity index (χ4v) is 6.61. The van der Waals surface area contributed by atoms with E-state index in [9.17, 15) is 19.1 Å². The number of hydrogen-bond donors (Lipinski definition) is 1. The second-order valence-corrected chi connectivity index (χ2v) is 14.3. The molecule has 2 saturated heterocycles. The van der Waals surface area contributed by atoms with E-state index in [1.54, 1.807) is 17.0 Å². The normalized spacial score (nSPS) is 24.0. The van der Waals surface area contributed by atoms with Gasteiger partial charge in [0.1, 0.15) is 11.4 Å². The molecule has 2 aromatic rings. The van der Waals surface area contributed by atoms with Gasteiger partial charge in [0, 0.05) is 56.4 Å². The van der Waals surface area contributed by atoms with Crippen LogP contribution in [0.1, 0.15) is 58.4 Å². The number of carbonyl (C=O) groups is 2. The van der Waals surface area contributed by atoms with E-state index in [-0.39, 0.29) is 54.5 Å². The summed E-state index contributed by atoms with van der Waals surface area (Å²) in [6, 6.07) is 8.04. The number of anilines is 1. The van der Waals surface area contributed by atoms with Crippen LogP contribution in [0.3, 0.4) is 0 Å². The van der Waals surface area contributed by atoms with Crippen LogP contribution in [-0.2, 0) is 26.1 Å². The summed E-state index contributed by atoms with van der Waals surface area (Å²) in [5.74, 6) is -0.296. The maximum Gasteiger partial charge on any atom is 0.410 e. The van der Waals surface area contributed by atoms with Crippen LogP contribution in [0, 0.1) is 5.82 Å². The molecule has 0 aliphatic carbocycles. The lowest BCUT2D eigenvalue weighted by Crippen LogP contribution is -2.64. The number of carbonyl (C=O) groups excluding carboxylic acids is 2. The smallest absolute Gasteiger partial charge is 0.410 e. The maximum atomic E-state index is 14.2. The molecule has 2 amide bonds. The van der Waals surface area contributed by atoms with Crippen molar-refractivity contribution in [1.29, 1.82) is 0 Å². The van der Waals surface area contributed by atoms with Gasteiger partial charge in [0.05, 0.1) is 43.8 Å². The molecular weight excluding hydrogens is 577 g/mol. The number of piperazine rings is 1. The van der Waals surface area contributed by atoms with Crippen molar-refractivity contribution < 1.29 is 28.6 Å². The van der Waals surface area contributed by atoms with Gasteiger partial charge in [0.25, 0.3) is 0 Å². The Bertz CT molecular complexity index is 1360. The van der Waals surface area contributed by atoms with E-state index < -0.39 is 5.60 Å². The highest BCUT2D eigenvalue weighted by Crippen LogP contribution is 2.40. The quantitative estimate of drug-likeness (QED) is 0.500. The summed E-state index contributed by atoms with van der Waals surface area (Å²) < 4.78 is 24.8. The zero-order chi connectivity index (χ0) is 32.5. The third kappa shape index (κ3) is 7.82. The number of rotatable bonds is 7. The number of fused-ring (bicyclic) bond motifs is 1. The zero-order valence-electron chi connectivity index (χ0n) is 27.5. The van der Waals surface area contributed by atoms with E-state index in [1.165, 1.54) is 12.1 Å². The molecule has 0 bridgehead atoms. The van der Waals surface area contributed by atoms with E-state index in [4.69, 9.17) is 14.5 Å². The number of hydrogen-bond acceptors (Lipinski definition) is 8. The maximum absolute atomic E-state index is 14.2. The van der Waals surface area contributed by atoms with Crippen LogP contribution in [0.5, 0.6) is 0 Å². The van der Waals surface area contributed by atoms with Crippen LogP contribution in [0.4, 0.5) is 14.9 Å². The number of aliphatic hydroxyl groups excluding tert-OH is 1. The standard InChI is InChI=1S/C34H48FN5O5/c1-23-16-38(27(17-37-11-12-44-21-28(37)20-41)18-39(23)32(43)45-33(2,3)4)19-30(42)40-22-34(5,6)31-29(40)14-25(15-36-31)13-24-7-9-26(35)10-8-24/h7-10,14-15,23,27-28,41H,11-13,16-22H2,1-6H3/t23-,27+,28-/m1/s1. The second kappa shape index (κ2) is 13.3. The summed E-state index contributed by atoms with van der Waals surface area (Å²) in [7, 11) is 0. The number of aromatic nitrogens is 1. The van der Waals surface area contributed by atoms with Gasteiger partial charge in [-0.05, 0) is 63.4 Å². The topological polar surface area (TPSA) is 98.7 Å². The lowest BCUT2D eigenvalue weighted by molar-refractivity contribution is -0.122. The molecule has 246 valence electrons. The number of nitrogens with zero attached hydrogens (tertiary/aromatic N) is 5. The highest BCUT2D eigenvalue weighted by Gasteiger charge is 2.43. The van der Waals surface area contributed by atoms with Crippen molar-refractivity contribution in [1.82, 2.24) is 19.7 Å². The van der Waals surface area contributed by atoms with Gasteiger partial charge in [-0.15, -0.1) is 0 Å². The first-order valence-electron chi connectivity index (χ1n) is 15.9. The SMILES string of the molecule is C[C@@H]1CN(CC(=O)N2CC(C)(C)c3ncc(Cc4ccc(F)cc4)cc32)[C@@H](CN2CCOC[C@H]2CO)CN1C(=O)OC(C)(C)C. The molecule has 5 rings (SSSR count). The highest BCUT2D eigenvalue weighted by molar-refractivity contribution is 5.97. The molecule has 3 aliphatic heterocycles. The Balaban J connectivity index is 1.37. The molecule has 11 heteroatoms. The van der Waals surface area contributed by atoms with Gasteiger partial charge in [0.15, 0.2) is 0 Å². The zero-order valence-corrected chi connectivity index (χ0v) is 27.5. The largest absolute Gasteiger partial charge is 0.444 e. The molecule has 10 nitrogen and oxygen atoms in total. The second-order valence-electron chi connectivity index (χ2n) is 14.3. The number of pyridine rings is 1. The Morgan fingerprint density at radius 2 is 1.84 bits per heavy atom. The fourth-order valence-electron chi connectivity index (χ4n) is 6.61. The first-order chi connectivity index (χ1) is 21.2. The van der Waals surface area contributed by atoms with Crippen molar-refractivity contribution in [3.8, 4) is 0 Å². The van der Waals surface area contributed by atoms with Gasteiger partial charge in [-0.3, -0.25) is 19.6 Å². The molecule has 3 aliphatic rings. The Kier molecular flexibility index (Phi) is 9.84. The predicted octanol–water partition coefficient (Wildman–Crippen LogP) is 3.44. The molecule has 2 fully saturated rings. The minimum Gasteiger partial charge on any atom is -0.444 e. The molecule has 0 radical (unpaired) electrons. The number of amides is 2. The fraction of sp³-hybridized carbons (Fsp3) is 0.618. The van der Waals surface area contributed by atoms with Crippen LogP contribution >= 0.6 is 0 Å². The van der Waals surface area contributed by atoms with E-state index in [0.29, 0.717) is 52.4 Å². The van der Waals surface area contributed by atoms with Crippen molar-refractivity contribution in [2.75, 3.05) is 64.0 Å². The van der Waals surface area contributed by atoms with Crippen LogP contribution in [0.15, 0.2) is 36.5 Å². The number of halogens is 1. The molecule has 3 atom stereocenters. The van der Waals surface area contributed by atoms with Crippen molar-refractivity contribution in [2.45, 2.75) is 77.1 Å². The Morgan fingerprint density at radius 3 is 2.53 bits per heavy atom. The van der Waals surface area contributed by atoms with E-state index >= 15 is 0 Å². The van der Waals surface area contributed by atoms with Crippen molar-refractivity contribution in [3.63, 3.8) is 0 Å². The van der Waals surface area contributed by atoms with Gasteiger partial charge in [-0.2, -0.15) is 0 Å². The van der Waals surface area contributed by atoms with Crippen molar-refractivity contribution in [2.24, 2.45) is 0 Å². The summed E-state index contributed by atoms with van der Waals surface area (Å²) in [4.78, 5) is 40.2. The van der Waals surface area contributed by atoms with Crippen molar-refractivity contribution in [3.05, 3.63) is 59.2 Å².